The molecule has 2 aromatic rings. The zero-order chi connectivity index (χ0) is 17.9. The van der Waals surface area contributed by atoms with Crippen LogP contribution in [-0.4, -0.2) is 27.8 Å². The van der Waals surface area contributed by atoms with E-state index < -0.39 is 17.7 Å². The number of rotatable bonds is 6. The smallest absolute Gasteiger partial charge is 0.315 e. The predicted molar refractivity (Wildman–Crippen MR) is 88.7 cm³/mol. The molecule has 0 aliphatic heterocycles. The summed E-state index contributed by atoms with van der Waals surface area (Å²) in [6.07, 6.45) is 6.04. The molecule has 136 valence electrons. The SMILES string of the molecule is C[C@H](NC(=O)NC[C@@](C)(O)c1ccco1)c1nc(C2CCCC2)no1. The first kappa shape index (κ1) is 17.5. The highest BCUT2D eigenvalue weighted by Gasteiger charge is 2.28. The van der Waals surface area contributed by atoms with E-state index in [1.165, 1.54) is 19.1 Å². The molecule has 2 aromatic heterocycles. The monoisotopic (exact) mass is 348 g/mol. The van der Waals surface area contributed by atoms with Gasteiger partial charge in [0, 0.05) is 5.92 Å². The number of aliphatic hydroxyl groups is 1. The minimum Gasteiger partial charge on any atom is -0.466 e. The number of nitrogens with one attached hydrogen (secondary N) is 2. The normalized spacial score (nSPS) is 18.7. The quantitative estimate of drug-likeness (QED) is 0.739. The predicted octanol–water partition coefficient (Wildman–Crippen LogP) is 2.59. The Kier molecular flexibility index (Phi) is 5.08. The average molecular weight is 348 g/mol. The van der Waals surface area contributed by atoms with Gasteiger partial charge in [-0.25, -0.2) is 4.79 Å². The molecular formula is C17H24N4O4. The van der Waals surface area contributed by atoms with Crippen LogP contribution in [0.1, 0.15) is 69.0 Å². The molecule has 2 atom stereocenters. The summed E-state index contributed by atoms with van der Waals surface area (Å²) in [5.74, 6) is 1.86. The van der Waals surface area contributed by atoms with Gasteiger partial charge in [0.2, 0.25) is 5.89 Å². The molecule has 1 fully saturated rings. The van der Waals surface area contributed by atoms with Crippen molar-refractivity contribution in [1.29, 1.82) is 0 Å². The van der Waals surface area contributed by atoms with Crippen molar-refractivity contribution < 1.29 is 18.8 Å². The number of furan rings is 1. The Morgan fingerprint density at radius 2 is 2.24 bits per heavy atom. The van der Waals surface area contributed by atoms with Crippen molar-refractivity contribution in [3.63, 3.8) is 0 Å². The molecule has 1 aliphatic rings. The average Bonchev–Trinajstić information content (AvgIpc) is 3.34. The van der Waals surface area contributed by atoms with Crippen LogP contribution in [0.25, 0.3) is 0 Å². The minimum absolute atomic E-state index is 0.0101. The van der Waals surface area contributed by atoms with E-state index in [0.717, 1.165) is 18.7 Å². The fourth-order valence-corrected chi connectivity index (χ4v) is 3.01. The van der Waals surface area contributed by atoms with E-state index in [9.17, 15) is 9.90 Å². The lowest BCUT2D eigenvalue weighted by Gasteiger charge is -2.21. The first-order valence-corrected chi connectivity index (χ1v) is 8.60. The molecule has 2 heterocycles. The molecule has 0 bridgehead atoms. The van der Waals surface area contributed by atoms with Gasteiger partial charge in [0.1, 0.15) is 17.4 Å². The Morgan fingerprint density at radius 1 is 1.48 bits per heavy atom. The van der Waals surface area contributed by atoms with Crippen LogP contribution < -0.4 is 10.6 Å². The standard InChI is InChI=1S/C17H24N4O4/c1-11(15-20-14(21-25-15)12-6-3-4-7-12)19-16(22)18-10-17(2,23)13-8-5-9-24-13/h5,8-9,11-12,23H,3-4,6-7,10H2,1-2H3,(H2,18,19,22)/t11-,17+/m0/s1. The van der Waals surface area contributed by atoms with Crippen LogP contribution in [0.2, 0.25) is 0 Å². The van der Waals surface area contributed by atoms with Crippen molar-refractivity contribution in [1.82, 2.24) is 20.8 Å². The number of aromatic nitrogens is 2. The second-order valence-corrected chi connectivity index (χ2v) is 6.77. The van der Waals surface area contributed by atoms with Gasteiger partial charge < -0.3 is 24.7 Å². The van der Waals surface area contributed by atoms with Gasteiger partial charge in [-0.05, 0) is 38.8 Å². The number of hydrogen-bond acceptors (Lipinski definition) is 6. The number of nitrogens with zero attached hydrogens (tertiary/aromatic N) is 2. The number of hydrogen-bond donors (Lipinski definition) is 3. The highest BCUT2D eigenvalue weighted by atomic mass is 16.5. The summed E-state index contributed by atoms with van der Waals surface area (Å²) in [5.41, 5.74) is -1.29. The molecule has 3 N–H and O–H groups in total. The van der Waals surface area contributed by atoms with Gasteiger partial charge in [-0.2, -0.15) is 4.98 Å². The number of carbonyl (C=O) groups is 1. The summed E-state index contributed by atoms with van der Waals surface area (Å²) >= 11 is 0. The first-order valence-electron chi connectivity index (χ1n) is 8.60. The Hall–Kier alpha value is -2.35. The third kappa shape index (κ3) is 4.19. The van der Waals surface area contributed by atoms with E-state index in [0.29, 0.717) is 17.6 Å². The van der Waals surface area contributed by atoms with E-state index in [-0.39, 0.29) is 6.54 Å². The Morgan fingerprint density at radius 3 is 2.92 bits per heavy atom. The third-order valence-electron chi connectivity index (χ3n) is 4.54. The second-order valence-electron chi connectivity index (χ2n) is 6.77. The molecule has 25 heavy (non-hydrogen) atoms. The first-order chi connectivity index (χ1) is 12.0. The molecule has 0 aromatic carbocycles. The molecule has 0 spiro atoms. The van der Waals surface area contributed by atoms with Crippen LogP contribution in [0.4, 0.5) is 4.79 Å². The summed E-state index contributed by atoms with van der Waals surface area (Å²) < 4.78 is 10.5. The summed E-state index contributed by atoms with van der Waals surface area (Å²) in [6, 6.07) is 2.49. The maximum Gasteiger partial charge on any atom is 0.315 e. The molecule has 8 nitrogen and oxygen atoms in total. The zero-order valence-electron chi connectivity index (χ0n) is 14.5. The summed E-state index contributed by atoms with van der Waals surface area (Å²) in [6.45, 7) is 3.36. The molecule has 0 saturated heterocycles. The van der Waals surface area contributed by atoms with Gasteiger partial charge in [0.15, 0.2) is 5.82 Å². The molecule has 1 saturated carbocycles. The van der Waals surface area contributed by atoms with Gasteiger partial charge in [0.05, 0.1) is 12.8 Å². The maximum absolute atomic E-state index is 12.1. The Balaban J connectivity index is 1.50. The number of urea groups is 1. The lowest BCUT2D eigenvalue weighted by molar-refractivity contribution is 0.0366. The van der Waals surface area contributed by atoms with Gasteiger partial charge in [-0.1, -0.05) is 18.0 Å². The van der Waals surface area contributed by atoms with E-state index in [1.807, 2.05) is 0 Å². The van der Waals surface area contributed by atoms with Gasteiger partial charge in [-0.15, -0.1) is 0 Å². The Labute approximate surface area is 146 Å². The molecular weight excluding hydrogens is 324 g/mol. The van der Waals surface area contributed by atoms with Crippen molar-refractivity contribution >= 4 is 6.03 Å². The lowest BCUT2D eigenvalue weighted by Crippen LogP contribution is -2.44. The lowest BCUT2D eigenvalue weighted by atomic mass is 10.0. The topological polar surface area (TPSA) is 113 Å². The fraction of sp³-hybridized carbons (Fsp3) is 0.588. The van der Waals surface area contributed by atoms with Crippen LogP contribution in [0, 0.1) is 0 Å². The highest BCUT2D eigenvalue weighted by Crippen LogP contribution is 2.32. The van der Waals surface area contributed by atoms with E-state index in [4.69, 9.17) is 8.94 Å². The summed E-state index contributed by atoms with van der Waals surface area (Å²) in [5, 5.41) is 19.7. The van der Waals surface area contributed by atoms with Crippen LogP contribution in [0.15, 0.2) is 27.3 Å². The Bertz CT molecular complexity index is 689. The molecule has 2 amide bonds. The zero-order valence-corrected chi connectivity index (χ0v) is 14.5. The summed E-state index contributed by atoms with van der Waals surface area (Å²) in [7, 11) is 0. The largest absolute Gasteiger partial charge is 0.466 e. The van der Waals surface area contributed by atoms with Gasteiger partial charge >= 0.3 is 6.03 Å². The van der Waals surface area contributed by atoms with Crippen molar-refractivity contribution in [3.8, 4) is 0 Å². The van der Waals surface area contributed by atoms with E-state index >= 15 is 0 Å². The van der Waals surface area contributed by atoms with Crippen LogP contribution in [-0.2, 0) is 5.60 Å². The van der Waals surface area contributed by atoms with E-state index in [2.05, 4.69) is 20.8 Å². The van der Waals surface area contributed by atoms with Gasteiger partial charge in [0.25, 0.3) is 0 Å². The highest BCUT2D eigenvalue weighted by molar-refractivity contribution is 5.74. The fourth-order valence-electron chi connectivity index (χ4n) is 3.01. The molecule has 8 heteroatoms. The van der Waals surface area contributed by atoms with Crippen molar-refractivity contribution in [2.24, 2.45) is 0 Å². The molecule has 3 rings (SSSR count). The number of carbonyl (C=O) groups excluding carboxylic acids is 1. The van der Waals surface area contributed by atoms with Crippen molar-refractivity contribution in [2.45, 2.75) is 57.1 Å². The van der Waals surface area contributed by atoms with E-state index in [1.54, 1.807) is 26.0 Å². The van der Waals surface area contributed by atoms with Gasteiger partial charge in [-0.3, -0.25) is 0 Å². The maximum atomic E-state index is 12.1. The third-order valence-corrected chi connectivity index (χ3v) is 4.54. The van der Waals surface area contributed by atoms with Crippen LogP contribution >= 0.6 is 0 Å². The molecule has 1 aliphatic carbocycles. The van der Waals surface area contributed by atoms with Crippen molar-refractivity contribution in [3.05, 3.63) is 35.9 Å². The van der Waals surface area contributed by atoms with Crippen LogP contribution in [0.5, 0.6) is 0 Å². The summed E-state index contributed by atoms with van der Waals surface area (Å²) in [4.78, 5) is 16.5. The number of amides is 2. The molecule has 0 radical (unpaired) electrons. The molecule has 0 unspecified atom stereocenters. The van der Waals surface area contributed by atoms with Crippen molar-refractivity contribution in [2.75, 3.05) is 6.54 Å². The minimum atomic E-state index is -1.29. The van der Waals surface area contributed by atoms with Crippen LogP contribution in [0.3, 0.4) is 0 Å². The second kappa shape index (κ2) is 7.26.